The first-order valence-electron chi connectivity index (χ1n) is 9.01. The summed E-state index contributed by atoms with van der Waals surface area (Å²) < 4.78 is 5.01. The van der Waals surface area contributed by atoms with Crippen LogP contribution in [-0.4, -0.2) is 56.6 Å². The molecule has 6 heteroatoms. The van der Waals surface area contributed by atoms with Gasteiger partial charge in [-0.3, -0.25) is 9.59 Å². The van der Waals surface area contributed by atoms with Gasteiger partial charge in [-0.15, -0.1) is 0 Å². The molecule has 25 heavy (non-hydrogen) atoms. The van der Waals surface area contributed by atoms with Crippen molar-refractivity contribution in [3.05, 3.63) is 24.3 Å². The van der Waals surface area contributed by atoms with Crippen molar-refractivity contribution < 1.29 is 14.3 Å². The van der Waals surface area contributed by atoms with Crippen LogP contribution >= 0.6 is 0 Å². The molecule has 0 saturated carbocycles. The number of anilines is 2. The first kappa shape index (κ1) is 19.2. The molecule has 2 amide bonds. The fourth-order valence-corrected chi connectivity index (χ4v) is 3.15. The van der Waals surface area contributed by atoms with E-state index in [1.165, 1.54) is 0 Å². The molecule has 1 aliphatic heterocycles. The second-order valence-corrected chi connectivity index (χ2v) is 6.30. The summed E-state index contributed by atoms with van der Waals surface area (Å²) in [4.78, 5) is 28.5. The van der Waals surface area contributed by atoms with Crippen LogP contribution in [0.1, 0.15) is 26.7 Å². The number of carbonyl (C=O) groups excluding carboxylic acids is 2. The van der Waals surface area contributed by atoms with Crippen LogP contribution in [0.3, 0.4) is 0 Å². The minimum atomic E-state index is -0.280. The molecule has 1 atom stereocenters. The standard InChI is InChI=1S/C19H29N3O3/c1-4-21(5-2)17-9-7-16(8-10-17)20-19(24)15-13-18(23)22(14-15)11-6-12-25-3/h7-10,15H,4-6,11-14H2,1-3H3,(H,20,24). The summed E-state index contributed by atoms with van der Waals surface area (Å²) in [7, 11) is 1.65. The zero-order valence-corrected chi connectivity index (χ0v) is 15.5. The molecule has 1 saturated heterocycles. The van der Waals surface area contributed by atoms with Gasteiger partial charge in [-0.2, -0.15) is 0 Å². The Morgan fingerprint density at radius 1 is 1.28 bits per heavy atom. The van der Waals surface area contributed by atoms with E-state index >= 15 is 0 Å². The van der Waals surface area contributed by atoms with E-state index in [9.17, 15) is 9.59 Å². The van der Waals surface area contributed by atoms with Gasteiger partial charge in [0.05, 0.1) is 5.92 Å². The first-order valence-corrected chi connectivity index (χ1v) is 9.01. The number of ether oxygens (including phenoxy) is 1. The van der Waals surface area contributed by atoms with Gasteiger partial charge in [0.1, 0.15) is 0 Å². The van der Waals surface area contributed by atoms with Gasteiger partial charge in [-0.05, 0) is 44.5 Å². The lowest BCUT2D eigenvalue weighted by Crippen LogP contribution is -2.29. The number of hydrogen-bond acceptors (Lipinski definition) is 4. The molecule has 1 aromatic rings. The number of methoxy groups -OCH3 is 1. The Kier molecular flexibility index (Phi) is 7.25. The van der Waals surface area contributed by atoms with Gasteiger partial charge in [0, 0.05) is 57.7 Å². The highest BCUT2D eigenvalue weighted by atomic mass is 16.5. The second kappa shape index (κ2) is 9.42. The van der Waals surface area contributed by atoms with Gasteiger partial charge in [0.25, 0.3) is 0 Å². The van der Waals surface area contributed by atoms with Crippen LogP contribution in [0.25, 0.3) is 0 Å². The van der Waals surface area contributed by atoms with Crippen LogP contribution < -0.4 is 10.2 Å². The predicted molar refractivity (Wildman–Crippen MR) is 99.8 cm³/mol. The van der Waals surface area contributed by atoms with Crippen LogP contribution in [0.4, 0.5) is 11.4 Å². The molecule has 1 N–H and O–H groups in total. The summed E-state index contributed by atoms with van der Waals surface area (Å²) in [6, 6.07) is 7.86. The van der Waals surface area contributed by atoms with E-state index in [0.717, 1.165) is 30.9 Å². The normalized spacial score (nSPS) is 17.0. The lowest BCUT2D eigenvalue weighted by Gasteiger charge is -2.21. The molecular formula is C19H29N3O3. The molecule has 0 aliphatic carbocycles. The highest BCUT2D eigenvalue weighted by Gasteiger charge is 2.33. The van der Waals surface area contributed by atoms with Crippen LogP contribution in [-0.2, 0) is 14.3 Å². The van der Waals surface area contributed by atoms with Crippen molar-refractivity contribution in [1.82, 2.24) is 4.90 Å². The number of hydrogen-bond donors (Lipinski definition) is 1. The molecule has 1 fully saturated rings. The van der Waals surface area contributed by atoms with Crippen molar-refractivity contribution in [3.63, 3.8) is 0 Å². The molecule has 1 heterocycles. The van der Waals surface area contributed by atoms with Gasteiger partial charge < -0.3 is 19.9 Å². The summed E-state index contributed by atoms with van der Waals surface area (Å²) >= 11 is 0. The zero-order valence-electron chi connectivity index (χ0n) is 15.5. The van der Waals surface area contributed by atoms with Crippen molar-refractivity contribution >= 4 is 23.2 Å². The van der Waals surface area contributed by atoms with Gasteiger partial charge >= 0.3 is 0 Å². The first-order chi connectivity index (χ1) is 12.1. The Labute approximate surface area is 150 Å². The van der Waals surface area contributed by atoms with Crippen LogP contribution in [0, 0.1) is 5.92 Å². The molecule has 1 unspecified atom stereocenters. The molecule has 0 spiro atoms. The second-order valence-electron chi connectivity index (χ2n) is 6.30. The maximum atomic E-state index is 12.4. The maximum Gasteiger partial charge on any atom is 0.229 e. The monoisotopic (exact) mass is 347 g/mol. The Bertz CT molecular complexity index is 570. The van der Waals surface area contributed by atoms with Gasteiger partial charge in [-0.25, -0.2) is 0 Å². The summed E-state index contributed by atoms with van der Waals surface area (Å²) in [5.74, 6) is -0.316. The summed E-state index contributed by atoms with van der Waals surface area (Å²) in [5.41, 5.74) is 1.91. The lowest BCUT2D eigenvalue weighted by atomic mass is 10.1. The number of rotatable bonds is 9. The smallest absolute Gasteiger partial charge is 0.229 e. The average Bonchev–Trinajstić information content (AvgIpc) is 2.99. The number of nitrogens with one attached hydrogen (secondary N) is 1. The summed E-state index contributed by atoms with van der Waals surface area (Å²) in [5, 5.41) is 2.93. The van der Waals surface area contributed by atoms with Crippen molar-refractivity contribution in [2.45, 2.75) is 26.7 Å². The molecular weight excluding hydrogens is 318 g/mol. The summed E-state index contributed by atoms with van der Waals surface area (Å²) in [6.45, 7) is 7.90. The van der Waals surface area contributed by atoms with Crippen LogP contribution in [0.15, 0.2) is 24.3 Å². The van der Waals surface area contributed by atoms with E-state index in [1.807, 2.05) is 24.3 Å². The number of benzene rings is 1. The summed E-state index contributed by atoms with van der Waals surface area (Å²) in [6.07, 6.45) is 1.08. The highest BCUT2D eigenvalue weighted by molar-refractivity contribution is 5.97. The van der Waals surface area contributed by atoms with E-state index in [-0.39, 0.29) is 24.2 Å². The van der Waals surface area contributed by atoms with Crippen molar-refractivity contribution in [2.24, 2.45) is 5.92 Å². The average molecular weight is 347 g/mol. The Balaban J connectivity index is 1.88. The van der Waals surface area contributed by atoms with E-state index in [4.69, 9.17) is 4.74 Å². The number of nitrogens with zero attached hydrogens (tertiary/aromatic N) is 2. The van der Waals surface area contributed by atoms with Crippen LogP contribution in [0.5, 0.6) is 0 Å². The Hall–Kier alpha value is -2.08. The highest BCUT2D eigenvalue weighted by Crippen LogP contribution is 2.22. The quantitative estimate of drug-likeness (QED) is 0.697. The SMILES string of the molecule is CCN(CC)c1ccc(NC(=O)C2CC(=O)N(CCCOC)C2)cc1. The Morgan fingerprint density at radius 2 is 1.96 bits per heavy atom. The zero-order chi connectivity index (χ0) is 18.2. The number of carbonyl (C=O) groups is 2. The largest absolute Gasteiger partial charge is 0.385 e. The predicted octanol–water partition coefficient (Wildman–Crippen LogP) is 2.36. The molecule has 1 aliphatic rings. The topological polar surface area (TPSA) is 61.9 Å². The van der Waals surface area contributed by atoms with E-state index in [1.54, 1.807) is 12.0 Å². The number of amides is 2. The maximum absolute atomic E-state index is 12.4. The fourth-order valence-electron chi connectivity index (χ4n) is 3.15. The molecule has 6 nitrogen and oxygen atoms in total. The van der Waals surface area contributed by atoms with Crippen molar-refractivity contribution in [1.29, 1.82) is 0 Å². The van der Waals surface area contributed by atoms with Crippen molar-refractivity contribution in [3.8, 4) is 0 Å². The van der Waals surface area contributed by atoms with Crippen LogP contribution in [0.2, 0.25) is 0 Å². The van der Waals surface area contributed by atoms with Gasteiger partial charge in [0.15, 0.2) is 0 Å². The number of likely N-dealkylation sites (tertiary alicyclic amines) is 1. The molecule has 2 rings (SSSR count). The van der Waals surface area contributed by atoms with E-state index in [2.05, 4.69) is 24.1 Å². The molecule has 1 aromatic carbocycles. The molecule has 0 bridgehead atoms. The third-order valence-electron chi connectivity index (χ3n) is 4.63. The van der Waals surface area contributed by atoms with Gasteiger partial charge in [0.2, 0.25) is 11.8 Å². The van der Waals surface area contributed by atoms with Crippen molar-refractivity contribution in [2.75, 3.05) is 50.1 Å². The minimum Gasteiger partial charge on any atom is -0.385 e. The molecule has 0 radical (unpaired) electrons. The molecule has 0 aromatic heterocycles. The third kappa shape index (κ3) is 5.19. The lowest BCUT2D eigenvalue weighted by molar-refractivity contribution is -0.128. The van der Waals surface area contributed by atoms with E-state index in [0.29, 0.717) is 19.7 Å². The Morgan fingerprint density at radius 3 is 2.56 bits per heavy atom. The molecule has 138 valence electrons. The minimum absolute atomic E-state index is 0.0492. The third-order valence-corrected chi connectivity index (χ3v) is 4.63. The van der Waals surface area contributed by atoms with Gasteiger partial charge in [-0.1, -0.05) is 0 Å². The van der Waals surface area contributed by atoms with E-state index < -0.39 is 0 Å². The fraction of sp³-hybridized carbons (Fsp3) is 0.579.